The molecule has 6 aliphatic rings. The number of aromatic nitrogens is 1. The van der Waals surface area contributed by atoms with Crippen molar-refractivity contribution in [2.75, 3.05) is 4.90 Å². The van der Waals surface area contributed by atoms with Crippen LogP contribution in [-0.4, -0.2) is 22.2 Å². The van der Waals surface area contributed by atoms with Crippen LogP contribution in [0.3, 0.4) is 0 Å². The van der Waals surface area contributed by atoms with Crippen molar-refractivity contribution in [1.29, 1.82) is 0 Å². The van der Waals surface area contributed by atoms with Gasteiger partial charge in [0.05, 0.1) is 11.4 Å². The average molecular weight is 967 g/mol. The molecule has 5 saturated carbocycles. The van der Waals surface area contributed by atoms with Gasteiger partial charge < -0.3 is 9.47 Å². The maximum absolute atomic E-state index is 15.7. The Hall–Kier alpha value is -6.95. The summed E-state index contributed by atoms with van der Waals surface area (Å²) in [6.07, 6.45) is 8.01. The van der Waals surface area contributed by atoms with Gasteiger partial charge in [-0.25, -0.2) is 0 Å². The van der Waals surface area contributed by atoms with Crippen LogP contribution in [0.4, 0.5) is 11.4 Å². The van der Waals surface area contributed by atoms with Gasteiger partial charge in [-0.15, -0.1) is 0 Å². The third-order valence-corrected chi connectivity index (χ3v) is 20.0. The summed E-state index contributed by atoms with van der Waals surface area (Å²) in [6.45, 7) is 0. The van der Waals surface area contributed by atoms with Gasteiger partial charge in [-0.3, -0.25) is 9.59 Å². The standard InChI is InChI=1S/C68H58N2O2S/c71-67-51-31-32-52-64(63(51)49-23-13-25-57(65(49)67)69-55-33-27-45(41-15-5-1-6-16-41)37-53(55)54-38-46(28-34-56(54)69)42-17-7-2-8-18-42)50-24-14-26-58(66(50)68(52)72)70-59-39-47(43-19-9-3-10-20-43)29-35-61(59)73-62-36-30-48(40-60(62)70)44-21-11-4-12-22-44/h1-12,15-22,27-30,33-40,49-52,57-58,63-66H,13-14,23-26,31-32H2. The minimum Gasteiger partial charge on any atom is -0.337 e. The van der Waals surface area contributed by atoms with Crippen LogP contribution in [0.15, 0.2) is 204 Å². The van der Waals surface area contributed by atoms with E-state index in [9.17, 15) is 0 Å². The molecule has 15 rings (SSSR count). The highest BCUT2D eigenvalue weighted by atomic mass is 32.2. The first-order valence-corrected chi connectivity index (χ1v) is 28.0. The summed E-state index contributed by atoms with van der Waals surface area (Å²) in [6, 6.07) is 71.1. The van der Waals surface area contributed by atoms with Gasteiger partial charge in [0.1, 0.15) is 11.6 Å². The molecule has 0 amide bonds. The van der Waals surface area contributed by atoms with Crippen LogP contribution in [-0.2, 0) is 9.59 Å². The summed E-state index contributed by atoms with van der Waals surface area (Å²) in [7, 11) is 0. The zero-order valence-electron chi connectivity index (χ0n) is 41.0. The average Bonchev–Trinajstić information content (AvgIpc) is 4.06. The largest absolute Gasteiger partial charge is 0.337 e. The number of ketones is 2. The number of anilines is 2. The van der Waals surface area contributed by atoms with E-state index < -0.39 is 0 Å². The maximum atomic E-state index is 15.7. The molecule has 5 fully saturated rings. The molecule has 73 heavy (non-hydrogen) atoms. The summed E-state index contributed by atoms with van der Waals surface area (Å²) < 4.78 is 2.62. The van der Waals surface area contributed by atoms with E-state index >= 15 is 9.59 Å². The number of hydrogen-bond acceptors (Lipinski definition) is 4. The zero-order valence-corrected chi connectivity index (χ0v) is 41.8. The van der Waals surface area contributed by atoms with Gasteiger partial charge in [0, 0.05) is 67.4 Å². The van der Waals surface area contributed by atoms with Crippen molar-refractivity contribution < 1.29 is 9.59 Å². The fourth-order valence-electron chi connectivity index (χ4n) is 16.1. The molecule has 0 saturated heterocycles. The summed E-state index contributed by atoms with van der Waals surface area (Å²) >= 11 is 1.86. The topological polar surface area (TPSA) is 42.3 Å². The normalized spacial score (nSPS) is 27.0. The van der Waals surface area contributed by atoms with Crippen molar-refractivity contribution >= 4 is 56.5 Å². The fraction of sp³-hybridized carbons (Fsp3) is 0.265. The first-order valence-electron chi connectivity index (χ1n) is 27.2. The molecule has 0 radical (unpaired) electrons. The Kier molecular flexibility index (Phi) is 10.4. The van der Waals surface area contributed by atoms with E-state index in [2.05, 4.69) is 204 Å². The number of nitrogens with zero attached hydrogens (tertiary/aromatic N) is 2. The van der Waals surface area contributed by atoms with Crippen molar-refractivity contribution in [2.45, 2.75) is 73.2 Å². The van der Waals surface area contributed by atoms with Crippen LogP contribution in [0, 0.1) is 47.3 Å². The third kappa shape index (κ3) is 6.87. The molecule has 1 aromatic heterocycles. The van der Waals surface area contributed by atoms with E-state index in [-0.39, 0.29) is 59.4 Å². The monoisotopic (exact) mass is 966 g/mol. The minimum atomic E-state index is -0.0736. The molecule has 5 aliphatic carbocycles. The highest BCUT2D eigenvalue weighted by Gasteiger charge is 2.66. The van der Waals surface area contributed by atoms with E-state index in [4.69, 9.17) is 0 Å². The number of benzene rings is 8. The lowest BCUT2D eigenvalue weighted by atomic mass is 9.60. The molecule has 0 spiro atoms. The van der Waals surface area contributed by atoms with Gasteiger partial charge in [-0.05, 0) is 155 Å². The maximum Gasteiger partial charge on any atom is 0.141 e. The van der Waals surface area contributed by atoms with Gasteiger partial charge in [0.15, 0.2) is 0 Å². The Balaban J connectivity index is 0.820. The molecule has 358 valence electrons. The first kappa shape index (κ1) is 43.6. The molecular weight excluding hydrogens is 909 g/mol. The third-order valence-electron chi connectivity index (χ3n) is 18.9. The highest BCUT2D eigenvalue weighted by Crippen LogP contribution is 2.66. The number of rotatable bonds is 6. The van der Waals surface area contributed by atoms with Crippen LogP contribution >= 0.6 is 11.8 Å². The Morgan fingerprint density at radius 1 is 0.370 bits per heavy atom. The Morgan fingerprint density at radius 2 is 0.753 bits per heavy atom. The summed E-state index contributed by atoms with van der Waals surface area (Å²) in [5.74, 6) is 1.97. The second kappa shape index (κ2) is 17.3. The lowest BCUT2D eigenvalue weighted by Gasteiger charge is -2.47. The molecule has 10 unspecified atom stereocenters. The first-order chi connectivity index (χ1) is 36.1. The molecule has 2 heterocycles. The van der Waals surface area contributed by atoms with Gasteiger partial charge in [0.2, 0.25) is 0 Å². The van der Waals surface area contributed by atoms with E-state index in [0.717, 1.165) is 51.4 Å². The van der Waals surface area contributed by atoms with E-state index in [0.29, 0.717) is 11.6 Å². The molecule has 5 heteroatoms. The number of fused-ring (bicyclic) bond motifs is 12. The summed E-state index contributed by atoms with van der Waals surface area (Å²) in [5.41, 5.74) is 14.5. The van der Waals surface area contributed by atoms with Crippen LogP contribution < -0.4 is 4.90 Å². The van der Waals surface area contributed by atoms with E-state index in [1.54, 1.807) is 0 Å². The lowest BCUT2D eigenvalue weighted by Crippen LogP contribution is -2.46. The molecule has 10 atom stereocenters. The number of Topliss-reactive ketones (excluding diaryl/α,β-unsaturated/α-hetero) is 2. The summed E-state index contributed by atoms with van der Waals surface area (Å²) in [4.78, 5) is 36.5. The number of carbonyl (C=O) groups excluding carboxylic acids is 2. The van der Waals surface area contributed by atoms with Crippen molar-refractivity contribution in [3.05, 3.63) is 194 Å². The van der Waals surface area contributed by atoms with Crippen molar-refractivity contribution in [1.82, 2.24) is 4.57 Å². The van der Waals surface area contributed by atoms with Gasteiger partial charge in [-0.2, -0.15) is 0 Å². The molecule has 8 aromatic carbocycles. The Morgan fingerprint density at radius 3 is 1.19 bits per heavy atom. The molecule has 4 nitrogen and oxygen atoms in total. The predicted molar refractivity (Wildman–Crippen MR) is 298 cm³/mol. The van der Waals surface area contributed by atoms with Crippen molar-refractivity contribution in [3.8, 4) is 44.5 Å². The molecule has 0 N–H and O–H groups in total. The second-order valence-corrected chi connectivity index (χ2v) is 23.3. The van der Waals surface area contributed by atoms with Gasteiger partial charge in [-0.1, -0.05) is 170 Å². The van der Waals surface area contributed by atoms with E-state index in [1.807, 2.05) is 11.8 Å². The quantitative estimate of drug-likeness (QED) is 0.167. The Bertz CT molecular complexity index is 3440. The zero-order chi connectivity index (χ0) is 48.3. The fourth-order valence-corrected chi connectivity index (χ4v) is 17.1. The number of hydrogen-bond donors (Lipinski definition) is 0. The van der Waals surface area contributed by atoms with Crippen LogP contribution in [0.2, 0.25) is 0 Å². The second-order valence-electron chi connectivity index (χ2n) is 22.3. The van der Waals surface area contributed by atoms with Crippen molar-refractivity contribution in [2.24, 2.45) is 47.3 Å². The minimum absolute atomic E-state index is 0.0224. The van der Waals surface area contributed by atoms with Crippen molar-refractivity contribution in [3.63, 3.8) is 0 Å². The van der Waals surface area contributed by atoms with Crippen LogP contribution in [0.5, 0.6) is 0 Å². The Labute approximate surface area is 432 Å². The molecule has 0 bridgehead atoms. The number of carbonyl (C=O) groups is 2. The van der Waals surface area contributed by atoms with Gasteiger partial charge in [0.25, 0.3) is 0 Å². The smallest absolute Gasteiger partial charge is 0.141 e. The SMILES string of the molecule is O=C1C2CCC3C(=O)C4C(CCCC4n4c5ccc(-c6ccccc6)cc5c5cc(-c6ccccc6)ccc54)C3C2C2CCCC(N3c4cc(-c5ccccc5)ccc4Sc4ccc(-c5ccccc5)cc43)C12. The highest BCUT2D eigenvalue weighted by molar-refractivity contribution is 7.99. The van der Waals surface area contributed by atoms with Crippen LogP contribution in [0.1, 0.15) is 57.4 Å². The molecule has 1 aliphatic heterocycles. The van der Waals surface area contributed by atoms with E-state index in [1.165, 1.54) is 87.5 Å². The lowest BCUT2D eigenvalue weighted by molar-refractivity contribution is -0.129. The molecular formula is C68H58N2O2S. The summed E-state index contributed by atoms with van der Waals surface area (Å²) in [5, 5.41) is 2.51. The predicted octanol–water partition coefficient (Wildman–Crippen LogP) is 16.9. The van der Waals surface area contributed by atoms with Crippen LogP contribution in [0.25, 0.3) is 66.3 Å². The van der Waals surface area contributed by atoms with Gasteiger partial charge >= 0.3 is 0 Å². The molecule has 9 aromatic rings.